The Labute approximate surface area is 224 Å². The number of anilines is 1. The number of methoxy groups -OCH3 is 2. The van der Waals surface area contributed by atoms with Crippen molar-refractivity contribution in [3.8, 4) is 5.75 Å². The first-order chi connectivity index (χ1) is 17.5. The average molecular weight is 535 g/mol. The Hall–Kier alpha value is -2.39. The van der Waals surface area contributed by atoms with E-state index in [-0.39, 0.29) is 24.3 Å². The van der Waals surface area contributed by atoms with Crippen molar-refractivity contribution in [3.63, 3.8) is 0 Å². The number of carbonyl (C=O) groups is 2. The largest absolute Gasteiger partial charge is 0.495 e. The molecule has 2 aliphatic rings. The van der Waals surface area contributed by atoms with Gasteiger partial charge >= 0.3 is 0 Å². The molecule has 6 atom stereocenters. The van der Waals surface area contributed by atoms with Crippen LogP contribution in [0.3, 0.4) is 0 Å². The molecule has 1 aromatic carbocycles. The number of hydrogen-bond acceptors (Lipinski definition) is 6. The quantitative estimate of drug-likeness (QED) is 0.450. The first-order valence-corrected chi connectivity index (χ1v) is 13.0. The summed E-state index contributed by atoms with van der Waals surface area (Å²) in [6.07, 6.45) is 6.67. The van der Waals surface area contributed by atoms with E-state index in [9.17, 15) is 14.7 Å². The van der Waals surface area contributed by atoms with Gasteiger partial charge in [0.15, 0.2) is 0 Å². The number of amides is 2. The molecule has 2 aliphatic heterocycles. The SMILES string of the molecule is COc1cc2cc(c1Cl)N(C)C(=O)CC[C@@]1(C)O[C@H]1[C@H](C)C(O)CC(NC=O)C(OC)/C=C/C=C(\C)C2. The Morgan fingerprint density at radius 3 is 2.70 bits per heavy atom. The lowest BCUT2D eigenvalue weighted by Crippen LogP contribution is -2.43. The van der Waals surface area contributed by atoms with Crippen LogP contribution in [0.2, 0.25) is 5.02 Å². The van der Waals surface area contributed by atoms with Crippen LogP contribution in [0, 0.1) is 5.92 Å². The van der Waals surface area contributed by atoms with E-state index >= 15 is 0 Å². The predicted octanol–water partition coefficient (Wildman–Crippen LogP) is 3.82. The van der Waals surface area contributed by atoms with Crippen molar-refractivity contribution in [3.05, 3.63) is 46.5 Å². The van der Waals surface area contributed by atoms with Crippen molar-refractivity contribution >= 4 is 29.6 Å². The fourth-order valence-corrected chi connectivity index (χ4v) is 5.37. The number of aliphatic hydroxyl groups excluding tert-OH is 1. The number of allylic oxidation sites excluding steroid dienone is 3. The van der Waals surface area contributed by atoms with Crippen molar-refractivity contribution < 1.29 is 28.9 Å². The summed E-state index contributed by atoms with van der Waals surface area (Å²) >= 11 is 6.60. The summed E-state index contributed by atoms with van der Waals surface area (Å²) in [4.78, 5) is 26.0. The minimum atomic E-state index is -0.735. The average Bonchev–Trinajstić information content (AvgIpc) is 3.55. The van der Waals surface area contributed by atoms with E-state index in [4.69, 9.17) is 25.8 Å². The number of benzene rings is 1. The topological polar surface area (TPSA) is 101 Å². The van der Waals surface area contributed by atoms with Crippen molar-refractivity contribution in [1.82, 2.24) is 5.32 Å². The maximum atomic E-state index is 13.2. The third kappa shape index (κ3) is 6.93. The summed E-state index contributed by atoms with van der Waals surface area (Å²) < 4.78 is 17.1. The van der Waals surface area contributed by atoms with Crippen LogP contribution in [0.25, 0.3) is 0 Å². The summed E-state index contributed by atoms with van der Waals surface area (Å²) in [7, 11) is 4.84. The highest BCUT2D eigenvalue weighted by Gasteiger charge is 2.56. The van der Waals surface area contributed by atoms with Gasteiger partial charge in [-0.15, -0.1) is 0 Å². The highest BCUT2D eigenvalue weighted by Crippen LogP contribution is 2.46. The molecule has 2 heterocycles. The zero-order valence-corrected chi connectivity index (χ0v) is 23.2. The molecule has 1 saturated heterocycles. The molecule has 1 fully saturated rings. The first-order valence-electron chi connectivity index (χ1n) is 12.6. The number of carbonyl (C=O) groups excluding carboxylic acids is 2. The number of nitrogens with one attached hydrogen (secondary N) is 1. The zero-order valence-electron chi connectivity index (χ0n) is 22.5. The van der Waals surface area contributed by atoms with Crippen LogP contribution in [0.15, 0.2) is 35.9 Å². The molecule has 3 rings (SSSR count). The maximum absolute atomic E-state index is 13.2. The van der Waals surface area contributed by atoms with Crippen molar-refractivity contribution in [2.75, 3.05) is 26.2 Å². The monoisotopic (exact) mass is 534 g/mol. The van der Waals surface area contributed by atoms with Gasteiger partial charge in [0.1, 0.15) is 10.8 Å². The molecule has 0 saturated carbocycles. The number of hydrogen-bond donors (Lipinski definition) is 2. The van der Waals surface area contributed by atoms with E-state index in [0.717, 1.165) is 11.1 Å². The van der Waals surface area contributed by atoms with E-state index in [1.807, 2.05) is 51.1 Å². The van der Waals surface area contributed by atoms with Crippen LogP contribution < -0.4 is 15.0 Å². The third-order valence-electron chi connectivity index (χ3n) is 7.51. The molecule has 0 radical (unpaired) electrons. The molecule has 2 amide bonds. The van der Waals surface area contributed by atoms with Gasteiger partial charge in [-0.25, -0.2) is 0 Å². The van der Waals surface area contributed by atoms with Gasteiger partial charge in [-0.3, -0.25) is 9.59 Å². The van der Waals surface area contributed by atoms with Gasteiger partial charge in [-0.1, -0.05) is 42.3 Å². The molecule has 0 aliphatic carbocycles. The van der Waals surface area contributed by atoms with E-state index in [0.29, 0.717) is 42.1 Å². The van der Waals surface area contributed by atoms with Gasteiger partial charge in [-0.05, 0) is 50.8 Å². The van der Waals surface area contributed by atoms with E-state index < -0.39 is 23.9 Å². The normalized spacial score (nSPS) is 33.6. The maximum Gasteiger partial charge on any atom is 0.226 e. The van der Waals surface area contributed by atoms with E-state index in [1.54, 1.807) is 26.2 Å². The molecule has 3 unspecified atom stereocenters. The predicted molar refractivity (Wildman–Crippen MR) is 144 cm³/mol. The van der Waals surface area contributed by atoms with Crippen LogP contribution in [0.4, 0.5) is 5.69 Å². The Morgan fingerprint density at radius 2 is 2.05 bits per heavy atom. The number of epoxide rings is 1. The van der Waals surface area contributed by atoms with Crippen LogP contribution in [-0.2, 0) is 25.5 Å². The lowest BCUT2D eigenvalue weighted by molar-refractivity contribution is -0.118. The second-order valence-corrected chi connectivity index (χ2v) is 10.6. The molecular formula is C28H39ClN2O6. The number of halogens is 1. The Morgan fingerprint density at radius 1 is 1.32 bits per heavy atom. The molecule has 0 spiro atoms. The second kappa shape index (κ2) is 12.4. The molecule has 9 heteroatoms. The summed E-state index contributed by atoms with van der Waals surface area (Å²) in [6, 6.07) is 3.37. The van der Waals surface area contributed by atoms with Crippen LogP contribution in [-0.4, -0.2) is 68.6 Å². The van der Waals surface area contributed by atoms with Gasteiger partial charge in [0, 0.05) is 26.5 Å². The summed E-state index contributed by atoms with van der Waals surface area (Å²) in [6.45, 7) is 5.89. The highest BCUT2D eigenvalue weighted by molar-refractivity contribution is 6.35. The lowest BCUT2D eigenvalue weighted by atomic mass is 9.86. The van der Waals surface area contributed by atoms with Gasteiger partial charge < -0.3 is 29.5 Å². The van der Waals surface area contributed by atoms with E-state index in [2.05, 4.69) is 5.32 Å². The van der Waals surface area contributed by atoms with Crippen molar-refractivity contribution in [2.45, 2.75) is 76.4 Å². The number of nitrogens with zero attached hydrogens (tertiary/aromatic N) is 1. The highest BCUT2D eigenvalue weighted by atomic mass is 35.5. The second-order valence-electron chi connectivity index (χ2n) is 10.3. The molecule has 2 N–H and O–H groups in total. The lowest BCUT2D eigenvalue weighted by Gasteiger charge is -2.28. The molecule has 37 heavy (non-hydrogen) atoms. The Bertz CT molecular complexity index is 1040. The van der Waals surface area contributed by atoms with Gasteiger partial charge in [-0.2, -0.15) is 0 Å². The molecule has 8 nitrogen and oxygen atoms in total. The summed E-state index contributed by atoms with van der Waals surface area (Å²) in [5.74, 6) is 0.219. The van der Waals surface area contributed by atoms with E-state index in [1.165, 1.54) is 0 Å². The summed E-state index contributed by atoms with van der Waals surface area (Å²) in [5, 5.41) is 14.2. The number of aliphatic hydroxyl groups is 1. The van der Waals surface area contributed by atoms with Gasteiger partial charge in [0.05, 0.1) is 42.8 Å². The standard InChI is InChI=1S/C28H39ClN2O6/c1-17-8-7-9-23(35-5)20(30-16-32)15-22(33)18(2)27-28(3,37-27)11-10-25(34)31(4)21-13-19(12-17)14-24(36-6)26(21)29/h7-9,13-14,16,18,20,22-23,27,33H,10-12,15H2,1-6H3,(H,30,32)/b9-7+,17-8+/t18-,20?,22?,23?,27+,28-/m1/s1. The number of rotatable bonds is 4. The van der Waals surface area contributed by atoms with Gasteiger partial charge in [0.2, 0.25) is 12.3 Å². The molecule has 1 aromatic rings. The smallest absolute Gasteiger partial charge is 0.226 e. The zero-order chi connectivity index (χ0) is 27.3. The van der Waals surface area contributed by atoms with Crippen LogP contribution in [0.1, 0.15) is 45.6 Å². The molecule has 2 bridgehead atoms. The van der Waals surface area contributed by atoms with Crippen LogP contribution >= 0.6 is 11.6 Å². The Kier molecular flexibility index (Phi) is 9.80. The van der Waals surface area contributed by atoms with Gasteiger partial charge in [0.25, 0.3) is 0 Å². The fraction of sp³-hybridized carbons (Fsp3) is 0.571. The number of fused-ring (bicyclic) bond motifs is 3. The number of ether oxygens (including phenoxy) is 3. The molecule has 0 aromatic heterocycles. The van der Waals surface area contributed by atoms with Crippen molar-refractivity contribution in [1.29, 1.82) is 0 Å². The van der Waals surface area contributed by atoms with Crippen molar-refractivity contribution in [2.24, 2.45) is 5.92 Å². The van der Waals surface area contributed by atoms with Crippen LogP contribution in [0.5, 0.6) is 5.75 Å². The first kappa shape index (κ1) is 29.2. The molecule has 204 valence electrons. The minimum absolute atomic E-state index is 0.0870. The third-order valence-corrected chi connectivity index (χ3v) is 7.89. The summed E-state index contributed by atoms with van der Waals surface area (Å²) in [5.41, 5.74) is 2.09. The Balaban J connectivity index is 1.98. The fourth-order valence-electron chi connectivity index (χ4n) is 5.06. The minimum Gasteiger partial charge on any atom is -0.495 e. The molecular weight excluding hydrogens is 496 g/mol.